The quantitative estimate of drug-likeness (QED) is 0.708. The average molecular weight is 331 g/mol. The van der Waals surface area contributed by atoms with Gasteiger partial charge in [-0.2, -0.15) is 5.10 Å². The number of H-pyrrole nitrogens is 1. The first-order valence-corrected chi connectivity index (χ1v) is 8.94. The van der Waals surface area contributed by atoms with Crippen molar-refractivity contribution in [3.63, 3.8) is 0 Å². The average Bonchev–Trinajstić information content (AvgIpc) is 3.25. The van der Waals surface area contributed by atoms with Gasteiger partial charge in [-0.05, 0) is 12.1 Å². The van der Waals surface area contributed by atoms with E-state index in [4.69, 9.17) is 0 Å². The summed E-state index contributed by atoms with van der Waals surface area (Å²) in [7, 11) is 0. The molecule has 24 heavy (non-hydrogen) atoms. The number of rotatable bonds is 4. The molecule has 0 spiro atoms. The largest absolute Gasteiger partial charge is 0.314 e. The van der Waals surface area contributed by atoms with Gasteiger partial charge in [-0.15, -0.1) is 0 Å². The van der Waals surface area contributed by atoms with Crippen LogP contribution in [0.15, 0.2) is 29.4 Å². The summed E-state index contributed by atoms with van der Waals surface area (Å²) in [6, 6.07) is 2.05. The Labute approximate surface area is 144 Å². The van der Waals surface area contributed by atoms with Crippen molar-refractivity contribution in [3.8, 4) is 0 Å². The summed E-state index contributed by atoms with van der Waals surface area (Å²) < 4.78 is 0. The van der Waals surface area contributed by atoms with Crippen molar-refractivity contribution in [2.24, 2.45) is 4.99 Å². The van der Waals surface area contributed by atoms with E-state index in [-0.39, 0.29) is 0 Å². The molecule has 3 rings (SSSR count). The van der Waals surface area contributed by atoms with Crippen LogP contribution >= 0.6 is 0 Å². The lowest BCUT2D eigenvalue weighted by Crippen LogP contribution is -2.44. The van der Waals surface area contributed by atoms with Crippen molar-refractivity contribution in [1.29, 1.82) is 0 Å². The highest BCUT2D eigenvalue weighted by molar-refractivity contribution is 5.98. The Hall–Kier alpha value is -1.54. The van der Waals surface area contributed by atoms with Crippen molar-refractivity contribution in [2.75, 3.05) is 65.4 Å². The molecule has 0 radical (unpaired) electrons. The molecule has 1 aromatic heterocycles. The molecule has 0 amide bonds. The van der Waals surface area contributed by atoms with Gasteiger partial charge in [-0.1, -0.05) is 6.08 Å². The lowest BCUT2D eigenvalue weighted by atomic mass is 10.3. The lowest BCUT2D eigenvalue weighted by molar-refractivity contribution is 0.245. The monoisotopic (exact) mass is 331 g/mol. The number of nitrogens with one attached hydrogen (secondary N) is 3. The smallest absolute Gasteiger partial charge is 0.0577 e. The van der Waals surface area contributed by atoms with E-state index in [1.54, 1.807) is 0 Å². The van der Waals surface area contributed by atoms with Gasteiger partial charge in [-0.25, -0.2) is 0 Å². The highest BCUT2D eigenvalue weighted by Gasteiger charge is 2.11. The minimum Gasteiger partial charge on any atom is -0.314 e. The van der Waals surface area contributed by atoms with E-state index in [0.29, 0.717) is 0 Å². The van der Waals surface area contributed by atoms with Crippen LogP contribution in [-0.4, -0.2) is 91.2 Å². The third-order valence-electron chi connectivity index (χ3n) is 4.47. The molecule has 2 aliphatic rings. The molecule has 0 aromatic carbocycles. The van der Waals surface area contributed by atoms with Crippen LogP contribution in [0.3, 0.4) is 0 Å². The third kappa shape index (κ3) is 5.83. The summed E-state index contributed by atoms with van der Waals surface area (Å²) >= 11 is 0. The van der Waals surface area contributed by atoms with Gasteiger partial charge in [0.1, 0.15) is 0 Å². The Morgan fingerprint density at radius 3 is 2.12 bits per heavy atom. The molecule has 3 heterocycles. The summed E-state index contributed by atoms with van der Waals surface area (Å²) in [5.74, 6) is 0. The van der Waals surface area contributed by atoms with E-state index in [9.17, 15) is 0 Å². The minimum absolute atomic E-state index is 0.853. The van der Waals surface area contributed by atoms with Crippen LogP contribution < -0.4 is 10.6 Å². The first-order valence-electron chi connectivity index (χ1n) is 8.94. The Kier molecular flexibility index (Phi) is 6.97. The molecule has 3 N–H and O–H groups in total. The summed E-state index contributed by atoms with van der Waals surface area (Å²) in [5.41, 5.74) is 2.39. The highest BCUT2D eigenvalue weighted by Crippen LogP contribution is 2.00. The van der Waals surface area contributed by atoms with E-state index < -0.39 is 0 Å². The van der Waals surface area contributed by atoms with Crippen molar-refractivity contribution < 1.29 is 0 Å². The third-order valence-corrected chi connectivity index (χ3v) is 4.47. The molecule has 1 fully saturated rings. The predicted molar refractivity (Wildman–Crippen MR) is 97.5 cm³/mol. The van der Waals surface area contributed by atoms with Crippen molar-refractivity contribution in [3.05, 3.63) is 30.1 Å². The van der Waals surface area contributed by atoms with E-state index >= 15 is 0 Å². The van der Waals surface area contributed by atoms with Crippen molar-refractivity contribution in [1.82, 2.24) is 30.6 Å². The number of aromatic nitrogens is 2. The van der Waals surface area contributed by atoms with Crippen LogP contribution in [0.5, 0.6) is 0 Å². The fourth-order valence-electron chi connectivity index (χ4n) is 3.10. The SMILES string of the molecule is C1=CC(CN2CCNCCN(Cc3ccn[nH]3)CCNCC2)=NC1. The van der Waals surface area contributed by atoms with Gasteiger partial charge in [0.25, 0.3) is 0 Å². The zero-order valence-electron chi connectivity index (χ0n) is 14.4. The minimum atomic E-state index is 0.853. The molecule has 1 saturated heterocycles. The second-order valence-electron chi connectivity index (χ2n) is 6.37. The van der Waals surface area contributed by atoms with Gasteiger partial charge in [0.15, 0.2) is 0 Å². The summed E-state index contributed by atoms with van der Waals surface area (Å²) in [5, 5.41) is 14.3. The number of aromatic amines is 1. The maximum absolute atomic E-state index is 4.51. The second kappa shape index (κ2) is 9.68. The molecule has 0 saturated carbocycles. The van der Waals surface area contributed by atoms with Gasteiger partial charge >= 0.3 is 0 Å². The van der Waals surface area contributed by atoms with Crippen LogP contribution in [0, 0.1) is 0 Å². The zero-order valence-corrected chi connectivity index (χ0v) is 14.4. The van der Waals surface area contributed by atoms with Crippen LogP contribution in [0.4, 0.5) is 0 Å². The molecule has 2 aliphatic heterocycles. The molecular formula is C17H29N7. The maximum Gasteiger partial charge on any atom is 0.0577 e. The molecule has 7 heteroatoms. The number of hydrogen-bond acceptors (Lipinski definition) is 6. The van der Waals surface area contributed by atoms with Gasteiger partial charge in [-0.3, -0.25) is 19.9 Å². The second-order valence-corrected chi connectivity index (χ2v) is 6.37. The fourth-order valence-corrected chi connectivity index (χ4v) is 3.10. The van der Waals surface area contributed by atoms with Crippen molar-refractivity contribution >= 4 is 5.71 Å². The van der Waals surface area contributed by atoms with Gasteiger partial charge in [0.05, 0.1) is 6.54 Å². The summed E-state index contributed by atoms with van der Waals surface area (Å²) in [6.07, 6.45) is 6.11. The molecule has 7 nitrogen and oxygen atoms in total. The van der Waals surface area contributed by atoms with E-state index in [1.165, 1.54) is 11.4 Å². The maximum atomic E-state index is 4.51. The van der Waals surface area contributed by atoms with Crippen LogP contribution in [0.25, 0.3) is 0 Å². The normalized spacial score (nSPS) is 22.1. The Morgan fingerprint density at radius 2 is 1.58 bits per heavy atom. The zero-order chi connectivity index (χ0) is 16.5. The molecular weight excluding hydrogens is 302 g/mol. The lowest BCUT2D eigenvalue weighted by Gasteiger charge is -2.26. The van der Waals surface area contributed by atoms with Gasteiger partial charge in [0.2, 0.25) is 0 Å². The summed E-state index contributed by atoms with van der Waals surface area (Å²) in [4.78, 5) is 9.46. The summed E-state index contributed by atoms with van der Waals surface area (Å²) in [6.45, 7) is 11.1. The first kappa shape index (κ1) is 17.3. The Balaban J connectivity index is 1.44. The topological polar surface area (TPSA) is 71.6 Å². The fraction of sp³-hybridized carbons (Fsp3) is 0.647. The van der Waals surface area contributed by atoms with E-state index in [0.717, 1.165) is 72.0 Å². The van der Waals surface area contributed by atoms with Crippen LogP contribution in [-0.2, 0) is 6.54 Å². The standard InChI is InChI=1S/C17H29N7/c1-2-16(20-4-1)14-23-10-6-18-8-12-24(13-9-19-7-11-23)15-17-3-5-21-22-17/h1-3,5,18-19H,4,6-15H2,(H,21,22). The van der Waals surface area contributed by atoms with E-state index in [1.807, 2.05) is 6.20 Å². The molecule has 1 aromatic rings. The van der Waals surface area contributed by atoms with E-state index in [2.05, 4.69) is 53.8 Å². The number of nitrogens with zero attached hydrogens (tertiary/aromatic N) is 4. The highest BCUT2D eigenvalue weighted by atomic mass is 15.2. The number of aliphatic imine (C=N–C) groups is 1. The predicted octanol–water partition coefficient (Wildman–Crippen LogP) is -0.283. The van der Waals surface area contributed by atoms with Crippen molar-refractivity contribution in [2.45, 2.75) is 6.54 Å². The van der Waals surface area contributed by atoms with Gasteiger partial charge in [0, 0.05) is 83.1 Å². The Morgan fingerprint density at radius 1 is 0.917 bits per heavy atom. The Bertz CT molecular complexity index is 509. The van der Waals surface area contributed by atoms with Crippen LogP contribution in [0.2, 0.25) is 0 Å². The molecule has 0 unspecified atom stereocenters. The molecule has 132 valence electrons. The molecule has 0 aliphatic carbocycles. The number of hydrogen-bond donors (Lipinski definition) is 3. The van der Waals surface area contributed by atoms with Gasteiger partial charge < -0.3 is 10.6 Å². The first-order chi connectivity index (χ1) is 11.9. The molecule has 0 bridgehead atoms. The molecule has 0 atom stereocenters. The van der Waals surface area contributed by atoms with Crippen LogP contribution in [0.1, 0.15) is 5.69 Å².